The van der Waals surface area contributed by atoms with Gasteiger partial charge in [0.05, 0.1) is 23.8 Å². The maximum absolute atomic E-state index is 12.9. The van der Waals surface area contributed by atoms with E-state index in [4.69, 9.17) is 20.8 Å². The molecule has 10 nitrogen and oxygen atoms in total. The second kappa shape index (κ2) is 9.09. The lowest BCUT2D eigenvalue weighted by Gasteiger charge is -2.26. The normalized spacial score (nSPS) is 17.2. The van der Waals surface area contributed by atoms with Crippen molar-refractivity contribution in [1.29, 1.82) is 0 Å². The molecule has 2 aromatic rings. The van der Waals surface area contributed by atoms with E-state index < -0.39 is 10.8 Å². The van der Waals surface area contributed by atoms with E-state index in [1.54, 1.807) is 11.8 Å². The van der Waals surface area contributed by atoms with Crippen LogP contribution in [0.5, 0.6) is 0 Å². The summed E-state index contributed by atoms with van der Waals surface area (Å²) in [5, 5.41) is 15.3. The Morgan fingerprint density at radius 1 is 1.25 bits per heavy atom. The Hall–Kier alpha value is -3.24. The second-order valence-electron chi connectivity index (χ2n) is 7.54. The number of nitro groups is 1. The molecule has 0 spiro atoms. The number of nitro benzene ring substituents is 1. The Morgan fingerprint density at radius 3 is 2.72 bits per heavy atom. The summed E-state index contributed by atoms with van der Waals surface area (Å²) in [6.07, 6.45) is 2.02. The molecule has 1 aromatic heterocycles. The Bertz CT molecular complexity index is 1120. The van der Waals surface area contributed by atoms with Gasteiger partial charge in [-0.15, -0.1) is 0 Å². The molecular formula is C21H21ClN4O6. The summed E-state index contributed by atoms with van der Waals surface area (Å²) in [7, 11) is 0. The lowest BCUT2D eigenvalue weighted by molar-refractivity contribution is -0.384. The van der Waals surface area contributed by atoms with Crippen LogP contribution in [0.25, 0.3) is 0 Å². The van der Waals surface area contributed by atoms with Gasteiger partial charge < -0.3 is 14.1 Å². The van der Waals surface area contributed by atoms with Gasteiger partial charge in [0.1, 0.15) is 10.8 Å². The van der Waals surface area contributed by atoms with Crippen molar-refractivity contribution in [2.24, 2.45) is 5.10 Å². The molecule has 1 aliphatic heterocycles. The molecule has 168 valence electrons. The zero-order valence-corrected chi connectivity index (χ0v) is 18.1. The average molecular weight is 461 g/mol. The number of carbonyl (C=O) groups excluding carboxylic acids is 2. The minimum absolute atomic E-state index is 0.0544. The van der Waals surface area contributed by atoms with Crippen LogP contribution in [0.2, 0.25) is 5.02 Å². The van der Waals surface area contributed by atoms with Crippen LogP contribution in [0, 0.1) is 17.0 Å². The highest BCUT2D eigenvalue weighted by molar-refractivity contribution is 6.32. The molecule has 0 unspecified atom stereocenters. The lowest BCUT2D eigenvalue weighted by Crippen LogP contribution is -2.40. The third-order valence-electron chi connectivity index (χ3n) is 5.52. The van der Waals surface area contributed by atoms with Crippen LogP contribution >= 0.6 is 11.6 Å². The third kappa shape index (κ3) is 4.23. The standard InChI is InChI=1S/C21H21ClN4O6/c1-12-18-15(23-24-20(27)13-5-6-14(22)16(11-13)26(29)30)3-2-4-17(18)32-19(12)21(28)25-7-9-31-10-8-25/h5-6,11H,2-4,7-10H2,1H3,(H,24,27)/b23-15+. The average Bonchev–Trinajstić information content (AvgIpc) is 3.14. The number of benzene rings is 1. The summed E-state index contributed by atoms with van der Waals surface area (Å²) in [4.78, 5) is 37.5. The predicted molar refractivity (Wildman–Crippen MR) is 115 cm³/mol. The smallest absolute Gasteiger partial charge is 0.290 e. The van der Waals surface area contributed by atoms with Crippen LogP contribution in [-0.4, -0.2) is 53.7 Å². The number of nitrogens with zero attached hydrogens (tertiary/aromatic N) is 3. The van der Waals surface area contributed by atoms with Crippen LogP contribution in [0.3, 0.4) is 0 Å². The number of ether oxygens (including phenoxy) is 1. The Balaban J connectivity index is 1.57. The van der Waals surface area contributed by atoms with Crippen LogP contribution in [0.1, 0.15) is 50.6 Å². The van der Waals surface area contributed by atoms with Gasteiger partial charge in [-0.2, -0.15) is 5.10 Å². The maximum Gasteiger partial charge on any atom is 0.290 e. The number of fused-ring (bicyclic) bond motifs is 1. The first-order valence-electron chi connectivity index (χ1n) is 10.2. The van der Waals surface area contributed by atoms with Gasteiger partial charge in [-0.05, 0) is 31.9 Å². The van der Waals surface area contributed by atoms with E-state index in [9.17, 15) is 19.7 Å². The van der Waals surface area contributed by atoms with Gasteiger partial charge in [0, 0.05) is 42.3 Å². The zero-order chi connectivity index (χ0) is 22.8. The maximum atomic E-state index is 12.9. The minimum atomic E-state index is -0.653. The Kier molecular flexibility index (Phi) is 6.24. The molecule has 0 atom stereocenters. The van der Waals surface area contributed by atoms with E-state index in [-0.39, 0.29) is 27.9 Å². The van der Waals surface area contributed by atoms with Crippen LogP contribution in [-0.2, 0) is 11.2 Å². The number of hydrogen-bond acceptors (Lipinski definition) is 7. The number of halogens is 1. The fourth-order valence-electron chi connectivity index (χ4n) is 3.87. The summed E-state index contributed by atoms with van der Waals surface area (Å²) in [6.45, 7) is 3.81. The highest BCUT2D eigenvalue weighted by Gasteiger charge is 2.31. The fraction of sp³-hybridized carbons (Fsp3) is 0.381. The third-order valence-corrected chi connectivity index (χ3v) is 5.84. The molecule has 4 rings (SSSR count). The SMILES string of the molecule is Cc1c(C(=O)N2CCOCC2)oc2c1/C(=N/NC(=O)c1ccc(Cl)c([N+](=O)[O-])c1)CCC2. The molecule has 1 saturated heterocycles. The number of morpholine rings is 1. The summed E-state index contributed by atoms with van der Waals surface area (Å²) in [5.41, 5.74) is 4.18. The molecule has 2 heterocycles. The van der Waals surface area contributed by atoms with Crippen molar-refractivity contribution in [2.45, 2.75) is 26.2 Å². The molecule has 32 heavy (non-hydrogen) atoms. The van der Waals surface area contributed by atoms with Crippen molar-refractivity contribution in [3.63, 3.8) is 0 Å². The molecule has 0 radical (unpaired) electrons. The molecule has 11 heteroatoms. The van der Waals surface area contributed by atoms with E-state index in [2.05, 4.69) is 10.5 Å². The van der Waals surface area contributed by atoms with Gasteiger partial charge >= 0.3 is 0 Å². The number of amides is 2. The van der Waals surface area contributed by atoms with E-state index in [0.29, 0.717) is 56.2 Å². The minimum Gasteiger partial charge on any atom is -0.455 e. The van der Waals surface area contributed by atoms with Crippen LogP contribution in [0.4, 0.5) is 5.69 Å². The van der Waals surface area contributed by atoms with Crippen molar-refractivity contribution >= 4 is 34.8 Å². The van der Waals surface area contributed by atoms with Crippen LogP contribution < -0.4 is 5.43 Å². The van der Waals surface area contributed by atoms with Crippen molar-refractivity contribution in [1.82, 2.24) is 10.3 Å². The molecule has 1 fully saturated rings. The molecule has 2 aliphatic rings. The van der Waals surface area contributed by atoms with Crippen molar-refractivity contribution in [3.8, 4) is 0 Å². The highest BCUT2D eigenvalue weighted by atomic mass is 35.5. The largest absolute Gasteiger partial charge is 0.455 e. The Labute approximate surface area is 188 Å². The Morgan fingerprint density at radius 2 is 2.00 bits per heavy atom. The molecule has 0 saturated carbocycles. The molecule has 1 aromatic carbocycles. The van der Waals surface area contributed by atoms with Gasteiger partial charge in [-0.1, -0.05) is 11.6 Å². The summed E-state index contributed by atoms with van der Waals surface area (Å²) in [6, 6.07) is 3.79. The second-order valence-corrected chi connectivity index (χ2v) is 7.94. The van der Waals surface area contributed by atoms with Gasteiger partial charge in [0.15, 0.2) is 5.76 Å². The summed E-state index contributed by atoms with van der Waals surface area (Å²) in [5.74, 6) is 0.166. The highest BCUT2D eigenvalue weighted by Crippen LogP contribution is 2.31. The number of aryl methyl sites for hydroxylation is 1. The van der Waals surface area contributed by atoms with Gasteiger partial charge in [-0.25, -0.2) is 5.43 Å². The van der Waals surface area contributed by atoms with E-state index >= 15 is 0 Å². The first-order chi connectivity index (χ1) is 15.4. The topological polar surface area (TPSA) is 127 Å². The van der Waals surface area contributed by atoms with Crippen LogP contribution in [0.15, 0.2) is 27.7 Å². The van der Waals surface area contributed by atoms with Gasteiger partial charge in [0.2, 0.25) is 0 Å². The zero-order valence-electron chi connectivity index (χ0n) is 17.4. The predicted octanol–water partition coefficient (Wildman–Crippen LogP) is 3.09. The number of nitrogens with one attached hydrogen (secondary N) is 1. The fourth-order valence-corrected chi connectivity index (χ4v) is 4.06. The van der Waals surface area contributed by atoms with Gasteiger partial charge in [-0.3, -0.25) is 19.7 Å². The molecular weight excluding hydrogens is 440 g/mol. The molecule has 1 aliphatic carbocycles. The first kappa shape index (κ1) is 22.0. The van der Waals surface area contributed by atoms with E-state index in [0.717, 1.165) is 18.1 Å². The number of furan rings is 1. The van der Waals surface area contributed by atoms with Crippen molar-refractivity contribution in [2.75, 3.05) is 26.3 Å². The molecule has 2 amide bonds. The van der Waals surface area contributed by atoms with Gasteiger partial charge in [0.25, 0.3) is 17.5 Å². The van der Waals surface area contributed by atoms with Crippen molar-refractivity contribution < 1.29 is 23.7 Å². The molecule has 1 N–H and O–H groups in total. The van der Waals surface area contributed by atoms with Crippen molar-refractivity contribution in [3.05, 3.63) is 61.5 Å². The first-order valence-corrected chi connectivity index (χ1v) is 10.5. The summed E-state index contributed by atoms with van der Waals surface area (Å²) < 4.78 is 11.2. The van der Waals surface area contributed by atoms with E-state index in [1.165, 1.54) is 12.1 Å². The number of hydrazone groups is 1. The number of rotatable bonds is 4. The number of hydrogen-bond donors (Lipinski definition) is 1. The van der Waals surface area contributed by atoms with E-state index in [1.807, 2.05) is 0 Å². The number of carbonyl (C=O) groups is 2. The lowest BCUT2D eigenvalue weighted by atomic mass is 9.93. The monoisotopic (exact) mass is 460 g/mol. The summed E-state index contributed by atoms with van der Waals surface area (Å²) >= 11 is 5.80. The quantitative estimate of drug-likeness (QED) is 0.551. The molecule has 0 bridgehead atoms.